The van der Waals surface area contributed by atoms with Gasteiger partial charge in [0.2, 0.25) is 5.91 Å². The topological polar surface area (TPSA) is 59.8 Å². The van der Waals surface area contributed by atoms with E-state index >= 15 is 0 Å². The van der Waals surface area contributed by atoms with Gasteiger partial charge in [-0.3, -0.25) is 9.48 Å². The summed E-state index contributed by atoms with van der Waals surface area (Å²) in [5, 5.41) is 7.19. The Hall–Kier alpha value is -2.17. The highest BCUT2D eigenvalue weighted by atomic mass is 16.1. The second kappa shape index (κ2) is 4.50. The summed E-state index contributed by atoms with van der Waals surface area (Å²) in [5.41, 5.74) is 1.76. The van der Waals surface area contributed by atoms with Crippen LogP contribution in [0.1, 0.15) is 31.5 Å². The Balaban J connectivity index is 1.85. The van der Waals surface area contributed by atoms with Crippen molar-refractivity contribution >= 4 is 11.6 Å². The van der Waals surface area contributed by atoms with Crippen molar-refractivity contribution in [3.8, 4) is 11.4 Å². The Bertz CT molecular complexity index is 611. The van der Waals surface area contributed by atoms with Crippen molar-refractivity contribution in [2.45, 2.75) is 25.7 Å². The fraction of sp³-hybridized carbons (Fsp3) is 0.357. The number of benzene rings is 1. The van der Waals surface area contributed by atoms with Gasteiger partial charge in [-0.1, -0.05) is 0 Å². The second-order valence-corrected chi connectivity index (χ2v) is 4.95. The summed E-state index contributed by atoms with van der Waals surface area (Å²) >= 11 is 0. The lowest BCUT2D eigenvalue weighted by Crippen LogP contribution is -2.05. The maximum atomic E-state index is 11.0. The third kappa shape index (κ3) is 2.50. The van der Waals surface area contributed by atoms with Crippen molar-refractivity contribution in [3.05, 3.63) is 30.1 Å². The number of hydrogen-bond acceptors (Lipinski definition) is 3. The van der Waals surface area contributed by atoms with E-state index in [4.69, 9.17) is 0 Å². The summed E-state index contributed by atoms with van der Waals surface area (Å²) in [7, 11) is 1.94. The van der Waals surface area contributed by atoms with Gasteiger partial charge in [-0.05, 0) is 37.1 Å². The molecule has 19 heavy (non-hydrogen) atoms. The van der Waals surface area contributed by atoms with Crippen molar-refractivity contribution in [2.24, 2.45) is 7.05 Å². The Labute approximate surface area is 111 Å². The van der Waals surface area contributed by atoms with Gasteiger partial charge in [0.15, 0.2) is 5.82 Å². The van der Waals surface area contributed by atoms with Crippen molar-refractivity contribution in [1.29, 1.82) is 0 Å². The molecule has 3 rings (SSSR count). The number of carbonyl (C=O) groups excluding carboxylic acids is 1. The van der Waals surface area contributed by atoms with E-state index in [0.29, 0.717) is 5.92 Å². The molecule has 5 nitrogen and oxygen atoms in total. The third-order valence-corrected chi connectivity index (χ3v) is 3.20. The molecule has 0 unspecified atom stereocenters. The van der Waals surface area contributed by atoms with E-state index < -0.39 is 0 Å². The Kier molecular flexibility index (Phi) is 2.81. The van der Waals surface area contributed by atoms with Crippen LogP contribution in [0, 0.1) is 0 Å². The zero-order chi connectivity index (χ0) is 13.4. The molecule has 1 aliphatic carbocycles. The minimum Gasteiger partial charge on any atom is -0.326 e. The van der Waals surface area contributed by atoms with Crippen LogP contribution in [0.2, 0.25) is 0 Å². The number of nitrogens with zero attached hydrogens (tertiary/aromatic N) is 3. The minimum absolute atomic E-state index is 0.0697. The number of hydrogen-bond donors (Lipinski definition) is 1. The minimum atomic E-state index is -0.0697. The highest BCUT2D eigenvalue weighted by Crippen LogP contribution is 2.39. The number of anilines is 1. The smallest absolute Gasteiger partial charge is 0.221 e. The van der Waals surface area contributed by atoms with E-state index in [1.54, 1.807) is 0 Å². The summed E-state index contributed by atoms with van der Waals surface area (Å²) in [4.78, 5) is 15.6. The zero-order valence-electron chi connectivity index (χ0n) is 11.1. The quantitative estimate of drug-likeness (QED) is 0.916. The summed E-state index contributed by atoms with van der Waals surface area (Å²) in [6.45, 7) is 1.50. The van der Waals surface area contributed by atoms with Gasteiger partial charge in [0.05, 0.1) is 0 Å². The Morgan fingerprint density at radius 2 is 2.00 bits per heavy atom. The monoisotopic (exact) mass is 256 g/mol. The first-order valence-electron chi connectivity index (χ1n) is 6.42. The van der Waals surface area contributed by atoms with E-state index in [2.05, 4.69) is 15.4 Å². The number of carbonyl (C=O) groups is 1. The molecule has 2 aromatic rings. The van der Waals surface area contributed by atoms with Gasteiger partial charge in [0.25, 0.3) is 0 Å². The molecular weight excluding hydrogens is 240 g/mol. The first-order valence-corrected chi connectivity index (χ1v) is 6.42. The largest absolute Gasteiger partial charge is 0.326 e. The fourth-order valence-electron chi connectivity index (χ4n) is 2.12. The number of aromatic nitrogens is 3. The number of aryl methyl sites for hydroxylation is 1. The van der Waals surface area contributed by atoms with Crippen LogP contribution in [0.25, 0.3) is 11.4 Å². The maximum Gasteiger partial charge on any atom is 0.221 e. The van der Waals surface area contributed by atoms with Crippen molar-refractivity contribution in [2.75, 3.05) is 5.32 Å². The molecule has 1 fully saturated rings. The van der Waals surface area contributed by atoms with Crippen LogP contribution >= 0.6 is 0 Å². The number of rotatable bonds is 3. The highest BCUT2D eigenvalue weighted by Gasteiger charge is 2.28. The van der Waals surface area contributed by atoms with Crippen molar-refractivity contribution < 1.29 is 4.79 Å². The average molecular weight is 256 g/mol. The maximum absolute atomic E-state index is 11.0. The first kappa shape index (κ1) is 11.9. The normalized spacial score (nSPS) is 14.4. The molecule has 1 aromatic heterocycles. The van der Waals surface area contributed by atoms with Crippen LogP contribution in [0.15, 0.2) is 24.3 Å². The molecule has 1 N–H and O–H groups in total. The van der Waals surface area contributed by atoms with Gasteiger partial charge < -0.3 is 5.32 Å². The number of amides is 1. The molecule has 0 radical (unpaired) electrons. The highest BCUT2D eigenvalue weighted by molar-refractivity contribution is 5.88. The lowest BCUT2D eigenvalue weighted by atomic mass is 10.2. The molecular formula is C14H16N4O. The molecule has 1 aliphatic rings. The lowest BCUT2D eigenvalue weighted by Gasteiger charge is -2.01. The predicted octanol–water partition coefficient (Wildman–Crippen LogP) is 2.32. The Morgan fingerprint density at radius 3 is 2.58 bits per heavy atom. The molecule has 0 saturated heterocycles. The van der Waals surface area contributed by atoms with Crippen LogP contribution in [0.3, 0.4) is 0 Å². The van der Waals surface area contributed by atoms with E-state index in [0.717, 1.165) is 22.9 Å². The molecule has 0 atom stereocenters. The van der Waals surface area contributed by atoms with Gasteiger partial charge in [-0.15, -0.1) is 0 Å². The Morgan fingerprint density at radius 1 is 1.32 bits per heavy atom. The molecule has 5 heteroatoms. The van der Waals surface area contributed by atoms with Gasteiger partial charge in [0, 0.05) is 31.1 Å². The van der Waals surface area contributed by atoms with Gasteiger partial charge in [0.1, 0.15) is 5.82 Å². The van der Waals surface area contributed by atoms with E-state index in [1.807, 2.05) is 36.0 Å². The van der Waals surface area contributed by atoms with E-state index in [1.165, 1.54) is 19.8 Å². The molecule has 1 saturated carbocycles. The van der Waals surface area contributed by atoms with E-state index in [-0.39, 0.29) is 5.91 Å². The van der Waals surface area contributed by atoms with Crippen molar-refractivity contribution in [1.82, 2.24) is 14.8 Å². The second-order valence-electron chi connectivity index (χ2n) is 4.95. The molecule has 0 aliphatic heterocycles. The summed E-state index contributed by atoms with van der Waals surface area (Å²) in [5.74, 6) is 2.34. The van der Waals surface area contributed by atoms with Gasteiger partial charge in [-0.25, -0.2) is 4.98 Å². The molecule has 0 spiro atoms. The average Bonchev–Trinajstić information content (AvgIpc) is 3.13. The zero-order valence-corrected chi connectivity index (χ0v) is 11.1. The van der Waals surface area contributed by atoms with Crippen LogP contribution in [-0.4, -0.2) is 20.7 Å². The molecule has 1 amide bonds. The van der Waals surface area contributed by atoms with Gasteiger partial charge >= 0.3 is 0 Å². The molecule has 1 aromatic carbocycles. The van der Waals surface area contributed by atoms with Crippen LogP contribution < -0.4 is 5.32 Å². The first-order chi connectivity index (χ1) is 9.13. The SMILES string of the molecule is CC(=O)Nc1ccc(-c2nc(C3CC3)n(C)n2)cc1. The predicted molar refractivity (Wildman–Crippen MR) is 72.7 cm³/mol. The van der Waals surface area contributed by atoms with Crippen LogP contribution in [0.5, 0.6) is 0 Å². The summed E-state index contributed by atoms with van der Waals surface area (Å²) < 4.78 is 1.87. The van der Waals surface area contributed by atoms with Gasteiger partial charge in [-0.2, -0.15) is 5.10 Å². The molecule has 98 valence electrons. The fourth-order valence-corrected chi connectivity index (χ4v) is 2.12. The van der Waals surface area contributed by atoms with Crippen LogP contribution in [-0.2, 0) is 11.8 Å². The van der Waals surface area contributed by atoms with Crippen molar-refractivity contribution in [3.63, 3.8) is 0 Å². The van der Waals surface area contributed by atoms with Crippen LogP contribution in [0.4, 0.5) is 5.69 Å². The third-order valence-electron chi connectivity index (χ3n) is 3.20. The summed E-state index contributed by atoms with van der Waals surface area (Å²) in [6.07, 6.45) is 2.43. The number of nitrogens with one attached hydrogen (secondary N) is 1. The summed E-state index contributed by atoms with van der Waals surface area (Å²) in [6, 6.07) is 7.59. The van der Waals surface area contributed by atoms with E-state index in [9.17, 15) is 4.79 Å². The molecule has 0 bridgehead atoms. The standard InChI is InChI=1S/C14H16N4O/c1-9(19)15-12-7-5-10(6-8-12)13-16-14(11-3-4-11)18(2)17-13/h5-8,11H,3-4H2,1-2H3,(H,15,19). The molecule has 1 heterocycles. The lowest BCUT2D eigenvalue weighted by molar-refractivity contribution is -0.114.